The number of carbonyl (C=O) groups excluding carboxylic acids is 2. The number of methoxy groups -OCH3 is 1. The molecule has 1 saturated heterocycles. The van der Waals surface area contributed by atoms with Gasteiger partial charge in [-0.25, -0.2) is 0 Å². The van der Waals surface area contributed by atoms with Gasteiger partial charge < -0.3 is 30.1 Å². The normalized spacial score (nSPS) is 15.0. The summed E-state index contributed by atoms with van der Waals surface area (Å²) in [7, 11) is 1.64. The molecule has 0 spiro atoms. The van der Waals surface area contributed by atoms with E-state index in [4.69, 9.17) is 9.47 Å². The largest absolute Gasteiger partial charge is 0.497 e. The first-order valence-electron chi connectivity index (χ1n) is 14.2. The molecule has 8 heteroatoms. The molecule has 1 aliphatic rings. The second-order valence-corrected chi connectivity index (χ2v) is 10.9. The molecule has 1 aliphatic heterocycles. The lowest BCUT2D eigenvalue weighted by Crippen LogP contribution is -2.51. The van der Waals surface area contributed by atoms with Crippen molar-refractivity contribution >= 4 is 17.5 Å². The van der Waals surface area contributed by atoms with Crippen molar-refractivity contribution in [2.24, 2.45) is 0 Å². The van der Waals surface area contributed by atoms with E-state index < -0.39 is 17.7 Å². The topological polar surface area (TPSA) is 100 Å². The van der Waals surface area contributed by atoms with Gasteiger partial charge >= 0.3 is 0 Å². The molecule has 3 aromatic carbocycles. The Morgan fingerprint density at radius 2 is 1.83 bits per heavy atom. The molecular formula is C33H41N3O5. The van der Waals surface area contributed by atoms with Gasteiger partial charge in [-0.05, 0) is 69.0 Å². The number of nitrogens with zero attached hydrogens (tertiary/aromatic N) is 1. The summed E-state index contributed by atoms with van der Waals surface area (Å²) in [5.41, 5.74) is 2.57. The average molecular weight is 560 g/mol. The Morgan fingerprint density at radius 3 is 2.51 bits per heavy atom. The van der Waals surface area contributed by atoms with Crippen molar-refractivity contribution in [2.45, 2.75) is 57.7 Å². The summed E-state index contributed by atoms with van der Waals surface area (Å²) < 4.78 is 11.1. The smallest absolute Gasteiger partial charge is 0.251 e. The van der Waals surface area contributed by atoms with Crippen molar-refractivity contribution in [3.8, 4) is 11.5 Å². The number of aliphatic hydroxyl groups is 1. The summed E-state index contributed by atoms with van der Waals surface area (Å²) >= 11 is 0. The van der Waals surface area contributed by atoms with Gasteiger partial charge in [0.1, 0.15) is 11.5 Å². The molecule has 0 radical (unpaired) electrons. The molecule has 3 N–H and O–H groups in total. The zero-order valence-electron chi connectivity index (χ0n) is 24.4. The average Bonchev–Trinajstić information content (AvgIpc) is 3.42. The SMILES string of the molecule is CCOc1cc(C(=O)N[C@@H](Cc2ccccc2)[C@H](O)CNC(C)(C)c2cccc(OC)c2)cc(N2CCCC2=O)c1. The molecule has 1 fully saturated rings. The molecule has 1 heterocycles. The minimum absolute atomic E-state index is 0.0344. The van der Waals surface area contributed by atoms with Crippen LogP contribution in [0.5, 0.6) is 11.5 Å². The lowest BCUT2D eigenvalue weighted by Gasteiger charge is -2.31. The van der Waals surface area contributed by atoms with Crippen molar-refractivity contribution in [1.82, 2.24) is 10.6 Å². The first kappa shape index (κ1) is 30.1. The molecule has 0 aliphatic carbocycles. The molecule has 4 rings (SSSR count). The minimum atomic E-state index is -0.890. The highest BCUT2D eigenvalue weighted by Crippen LogP contribution is 2.28. The second kappa shape index (κ2) is 13.7. The van der Waals surface area contributed by atoms with Gasteiger partial charge in [0, 0.05) is 42.4 Å². The molecule has 8 nitrogen and oxygen atoms in total. The number of hydrogen-bond acceptors (Lipinski definition) is 6. The van der Waals surface area contributed by atoms with Gasteiger partial charge in [-0.15, -0.1) is 0 Å². The van der Waals surface area contributed by atoms with Crippen LogP contribution in [0.4, 0.5) is 5.69 Å². The van der Waals surface area contributed by atoms with E-state index in [0.717, 1.165) is 23.3 Å². The third-order valence-electron chi connectivity index (χ3n) is 7.47. The number of anilines is 1. The van der Waals surface area contributed by atoms with Gasteiger partial charge in [0.05, 0.1) is 25.9 Å². The number of aliphatic hydroxyl groups excluding tert-OH is 1. The molecular weight excluding hydrogens is 518 g/mol. The van der Waals surface area contributed by atoms with Gasteiger partial charge in [-0.1, -0.05) is 42.5 Å². The number of nitrogens with one attached hydrogen (secondary N) is 2. The maximum atomic E-state index is 13.6. The zero-order chi connectivity index (χ0) is 29.4. The van der Waals surface area contributed by atoms with Crippen molar-refractivity contribution in [3.63, 3.8) is 0 Å². The maximum Gasteiger partial charge on any atom is 0.251 e. The predicted octanol–water partition coefficient (Wildman–Crippen LogP) is 4.45. The Kier molecular flexibility index (Phi) is 10.0. The van der Waals surface area contributed by atoms with Crippen LogP contribution in [0.2, 0.25) is 0 Å². The van der Waals surface area contributed by atoms with Crippen LogP contribution in [0.1, 0.15) is 55.1 Å². The minimum Gasteiger partial charge on any atom is -0.497 e. The Hall–Kier alpha value is -3.88. The predicted molar refractivity (Wildman–Crippen MR) is 161 cm³/mol. The van der Waals surface area contributed by atoms with Crippen LogP contribution in [0.3, 0.4) is 0 Å². The van der Waals surface area contributed by atoms with E-state index in [1.165, 1.54) is 0 Å². The highest BCUT2D eigenvalue weighted by molar-refractivity contribution is 5.99. The van der Waals surface area contributed by atoms with Crippen LogP contribution in [0.25, 0.3) is 0 Å². The van der Waals surface area contributed by atoms with Crippen LogP contribution in [0, 0.1) is 0 Å². The molecule has 0 bridgehead atoms. The van der Waals surface area contributed by atoms with E-state index in [9.17, 15) is 14.7 Å². The molecule has 0 aromatic heterocycles. The highest BCUT2D eigenvalue weighted by atomic mass is 16.5. The standard InChI is InChI=1S/C33H41N3O5/c1-5-41-28-19-24(18-26(21-28)36-16-10-15-31(36)38)32(39)35-29(17-23-11-7-6-8-12-23)30(37)22-34-33(2,3)25-13-9-14-27(20-25)40-4/h6-9,11-14,18-21,29-30,34,37H,5,10,15-17,22H2,1-4H3,(H,35,39)/t29-,30+/m0/s1. The van der Waals surface area contributed by atoms with Gasteiger partial charge in [0.15, 0.2) is 0 Å². The number of benzene rings is 3. The maximum absolute atomic E-state index is 13.6. The summed E-state index contributed by atoms with van der Waals surface area (Å²) in [6.07, 6.45) is 0.824. The Bertz CT molecular complexity index is 1330. The molecule has 2 amide bonds. The van der Waals surface area contributed by atoms with Crippen LogP contribution in [0.15, 0.2) is 72.8 Å². The van der Waals surface area contributed by atoms with Gasteiger partial charge in [-0.2, -0.15) is 0 Å². The molecule has 3 aromatic rings. The molecule has 41 heavy (non-hydrogen) atoms. The molecule has 218 valence electrons. The van der Waals surface area contributed by atoms with Crippen molar-refractivity contribution in [2.75, 3.05) is 31.7 Å². The summed E-state index contributed by atoms with van der Waals surface area (Å²) in [5, 5.41) is 17.9. The number of carbonyl (C=O) groups is 2. The van der Waals surface area contributed by atoms with Gasteiger partial charge in [-0.3, -0.25) is 9.59 Å². The van der Waals surface area contributed by atoms with E-state index >= 15 is 0 Å². The van der Waals surface area contributed by atoms with Gasteiger partial charge in [0.2, 0.25) is 5.91 Å². The monoisotopic (exact) mass is 559 g/mol. The van der Waals surface area contributed by atoms with Crippen molar-refractivity contribution in [3.05, 3.63) is 89.5 Å². The second-order valence-electron chi connectivity index (χ2n) is 10.9. The number of amides is 2. The van der Waals surface area contributed by atoms with E-state index in [-0.39, 0.29) is 18.4 Å². The third-order valence-corrected chi connectivity index (χ3v) is 7.47. The van der Waals surface area contributed by atoms with Crippen LogP contribution in [-0.2, 0) is 16.8 Å². The Morgan fingerprint density at radius 1 is 1.05 bits per heavy atom. The Labute approximate surface area is 242 Å². The van der Waals surface area contributed by atoms with Crippen molar-refractivity contribution in [1.29, 1.82) is 0 Å². The van der Waals surface area contributed by atoms with Crippen molar-refractivity contribution < 1.29 is 24.2 Å². The lowest BCUT2D eigenvalue weighted by atomic mass is 9.93. The first-order valence-corrected chi connectivity index (χ1v) is 14.2. The van der Waals surface area contributed by atoms with E-state index in [2.05, 4.69) is 10.6 Å². The molecule has 2 atom stereocenters. The first-order chi connectivity index (χ1) is 19.7. The number of hydrogen-bond donors (Lipinski definition) is 3. The van der Waals surface area contributed by atoms with Crippen LogP contribution in [-0.4, -0.2) is 55.9 Å². The molecule has 0 unspecified atom stereocenters. The Balaban J connectivity index is 1.54. The lowest BCUT2D eigenvalue weighted by molar-refractivity contribution is -0.117. The molecule has 0 saturated carbocycles. The van der Waals surface area contributed by atoms with E-state index in [0.29, 0.717) is 43.0 Å². The number of ether oxygens (including phenoxy) is 2. The number of rotatable bonds is 13. The highest BCUT2D eigenvalue weighted by Gasteiger charge is 2.28. The third kappa shape index (κ3) is 7.86. The van der Waals surface area contributed by atoms with E-state index in [1.807, 2.05) is 75.4 Å². The quantitative estimate of drug-likeness (QED) is 0.286. The fourth-order valence-corrected chi connectivity index (χ4v) is 5.06. The van der Waals surface area contributed by atoms with Crippen LogP contribution >= 0.6 is 0 Å². The summed E-state index contributed by atoms with van der Waals surface area (Å²) in [5.74, 6) is 0.978. The fourth-order valence-electron chi connectivity index (χ4n) is 5.06. The fraction of sp³-hybridized carbons (Fsp3) is 0.394. The summed E-state index contributed by atoms with van der Waals surface area (Å²) in [4.78, 5) is 27.8. The van der Waals surface area contributed by atoms with Crippen LogP contribution < -0.4 is 25.0 Å². The summed E-state index contributed by atoms with van der Waals surface area (Å²) in [6, 6.07) is 22.2. The zero-order valence-corrected chi connectivity index (χ0v) is 24.4. The van der Waals surface area contributed by atoms with Gasteiger partial charge in [0.25, 0.3) is 5.91 Å². The van der Waals surface area contributed by atoms with E-state index in [1.54, 1.807) is 30.2 Å². The summed E-state index contributed by atoms with van der Waals surface area (Å²) in [6.45, 7) is 7.25.